The largest absolute Gasteiger partial charge is 0.331 e. The lowest BCUT2D eigenvalue weighted by Gasteiger charge is -2.07. The quantitative estimate of drug-likeness (QED) is 0.644. The fraction of sp³-hybridized carbons (Fsp3) is 0.150. The van der Waals surface area contributed by atoms with Gasteiger partial charge in [0.15, 0.2) is 15.7 Å². The predicted molar refractivity (Wildman–Crippen MR) is 106 cm³/mol. The summed E-state index contributed by atoms with van der Waals surface area (Å²) in [5, 5.41) is 2.75. The molecule has 0 aliphatic carbocycles. The average Bonchev–Trinajstić information content (AvgIpc) is 3.07. The van der Waals surface area contributed by atoms with Crippen LogP contribution in [0.2, 0.25) is 0 Å². The standard InChI is InChI=1S/C20H19N3O4S/c1-23-12-11-21-19(23)18(24)15-7-9-17(10-8-15)22-20(25)16-5-3-14(4-6-16)13-28(2,26)27/h3-12H,13H2,1-2H3,(H,22,25). The molecule has 1 amide bonds. The van der Waals surface area contributed by atoms with E-state index in [1.807, 2.05) is 0 Å². The number of nitrogens with one attached hydrogen (secondary N) is 1. The van der Waals surface area contributed by atoms with Gasteiger partial charge in [0.25, 0.3) is 5.91 Å². The molecule has 144 valence electrons. The number of imidazole rings is 1. The minimum Gasteiger partial charge on any atom is -0.331 e. The topological polar surface area (TPSA) is 98.1 Å². The third-order valence-electron chi connectivity index (χ3n) is 4.07. The number of aryl methyl sites for hydroxylation is 1. The van der Waals surface area contributed by atoms with E-state index in [2.05, 4.69) is 10.3 Å². The molecule has 7 nitrogen and oxygen atoms in total. The Bertz CT molecular complexity index is 1120. The Labute approximate surface area is 163 Å². The highest BCUT2D eigenvalue weighted by Gasteiger charge is 2.14. The Kier molecular flexibility index (Phi) is 5.41. The van der Waals surface area contributed by atoms with Crippen LogP contribution in [-0.2, 0) is 22.6 Å². The molecule has 8 heteroatoms. The summed E-state index contributed by atoms with van der Waals surface area (Å²) in [7, 11) is -1.38. The molecule has 0 atom stereocenters. The summed E-state index contributed by atoms with van der Waals surface area (Å²) in [5.41, 5.74) is 2.04. The number of rotatable bonds is 6. The first-order valence-electron chi connectivity index (χ1n) is 8.43. The molecule has 0 unspecified atom stereocenters. The Morgan fingerprint density at radius 1 is 1.00 bits per heavy atom. The summed E-state index contributed by atoms with van der Waals surface area (Å²) in [4.78, 5) is 28.8. The first kappa shape index (κ1) is 19.5. The van der Waals surface area contributed by atoms with E-state index in [1.54, 1.807) is 72.5 Å². The number of nitrogens with zero attached hydrogens (tertiary/aromatic N) is 2. The summed E-state index contributed by atoms with van der Waals surface area (Å²) in [6.07, 6.45) is 4.42. The van der Waals surface area contributed by atoms with Gasteiger partial charge in [0, 0.05) is 42.5 Å². The number of sulfone groups is 1. The molecule has 0 spiro atoms. The zero-order valence-corrected chi connectivity index (χ0v) is 16.2. The Morgan fingerprint density at radius 2 is 1.61 bits per heavy atom. The van der Waals surface area contributed by atoms with E-state index in [4.69, 9.17) is 0 Å². The number of carbonyl (C=O) groups excluding carboxylic acids is 2. The van der Waals surface area contributed by atoms with Gasteiger partial charge in [0.1, 0.15) is 0 Å². The number of ketones is 1. The van der Waals surface area contributed by atoms with Crippen molar-refractivity contribution in [2.75, 3.05) is 11.6 Å². The molecule has 0 aliphatic heterocycles. The molecule has 1 N–H and O–H groups in total. The highest BCUT2D eigenvalue weighted by Crippen LogP contribution is 2.15. The fourth-order valence-corrected chi connectivity index (χ4v) is 3.47. The second-order valence-electron chi connectivity index (χ2n) is 6.49. The summed E-state index contributed by atoms with van der Waals surface area (Å²) in [5.74, 6) is -0.257. The highest BCUT2D eigenvalue weighted by molar-refractivity contribution is 7.89. The number of anilines is 1. The molecule has 3 aromatic rings. The minimum absolute atomic E-state index is 0.0691. The van der Waals surface area contributed by atoms with Crippen LogP contribution in [0.15, 0.2) is 60.9 Å². The maximum absolute atomic E-state index is 12.4. The highest BCUT2D eigenvalue weighted by atomic mass is 32.2. The Balaban J connectivity index is 1.67. The van der Waals surface area contributed by atoms with E-state index in [1.165, 1.54) is 0 Å². The number of amides is 1. The van der Waals surface area contributed by atoms with E-state index in [9.17, 15) is 18.0 Å². The van der Waals surface area contributed by atoms with Crippen LogP contribution in [0.1, 0.15) is 32.1 Å². The molecular weight excluding hydrogens is 378 g/mol. The van der Waals surface area contributed by atoms with E-state index in [-0.39, 0.29) is 17.4 Å². The van der Waals surface area contributed by atoms with Crippen LogP contribution in [0.25, 0.3) is 0 Å². The van der Waals surface area contributed by atoms with Crippen molar-refractivity contribution in [3.8, 4) is 0 Å². The smallest absolute Gasteiger partial charge is 0.255 e. The normalized spacial score (nSPS) is 11.2. The second-order valence-corrected chi connectivity index (χ2v) is 8.63. The van der Waals surface area contributed by atoms with Crippen molar-refractivity contribution in [1.82, 2.24) is 9.55 Å². The summed E-state index contributed by atoms with van der Waals surface area (Å²) in [6.45, 7) is 0. The Morgan fingerprint density at radius 3 is 2.14 bits per heavy atom. The number of aromatic nitrogens is 2. The number of carbonyl (C=O) groups is 2. The molecule has 0 aliphatic rings. The van der Waals surface area contributed by atoms with Crippen LogP contribution in [0.5, 0.6) is 0 Å². The van der Waals surface area contributed by atoms with Crippen molar-refractivity contribution in [1.29, 1.82) is 0 Å². The molecule has 0 radical (unpaired) electrons. The molecule has 0 fully saturated rings. The van der Waals surface area contributed by atoms with Crippen molar-refractivity contribution < 1.29 is 18.0 Å². The van der Waals surface area contributed by atoms with Crippen LogP contribution in [-0.4, -0.2) is 35.9 Å². The fourth-order valence-electron chi connectivity index (χ4n) is 2.68. The molecule has 0 bridgehead atoms. The van der Waals surface area contributed by atoms with Crippen LogP contribution in [0, 0.1) is 0 Å². The lowest BCUT2D eigenvalue weighted by atomic mass is 10.1. The summed E-state index contributed by atoms with van der Waals surface area (Å²) in [6, 6.07) is 12.9. The number of hydrogen-bond donors (Lipinski definition) is 1. The molecule has 0 saturated heterocycles. The molecule has 28 heavy (non-hydrogen) atoms. The number of hydrogen-bond acceptors (Lipinski definition) is 5. The average molecular weight is 397 g/mol. The second kappa shape index (κ2) is 7.77. The lowest BCUT2D eigenvalue weighted by molar-refractivity contribution is 0.102. The van der Waals surface area contributed by atoms with Gasteiger partial charge >= 0.3 is 0 Å². The lowest BCUT2D eigenvalue weighted by Crippen LogP contribution is -2.13. The SMILES string of the molecule is Cn1ccnc1C(=O)c1ccc(NC(=O)c2ccc(CS(C)(=O)=O)cc2)cc1. The zero-order chi connectivity index (χ0) is 20.3. The van der Waals surface area contributed by atoms with Gasteiger partial charge in [-0.05, 0) is 42.0 Å². The van der Waals surface area contributed by atoms with Crippen molar-refractivity contribution in [2.45, 2.75) is 5.75 Å². The minimum atomic E-state index is -3.12. The third kappa shape index (κ3) is 4.72. The van der Waals surface area contributed by atoms with Crippen molar-refractivity contribution in [3.63, 3.8) is 0 Å². The van der Waals surface area contributed by atoms with Crippen molar-refractivity contribution >= 4 is 27.2 Å². The maximum Gasteiger partial charge on any atom is 0.255 e. The Hall–Kier alpha value is -3.26. The van der Waals surface area contributed by atoms with Crippen LogP contribution in [0.3, 0.4) is 0 Å². The predicted octanol–water partition coefficient (Wildman–Crippen LogP) is 2.45. The van der Waals surface area contributed by atoms with Crippen molar-refractivity contribution in [3.05, 3.63) is 83.4 Å². The first-order valence-corrected chi connectivity index (χ1v) is 10.5. The van der Waals surface area contributed by atoms with E-state index >= 15 is 0 Å². The third-order valence-corrected chi connectivity index (χ3v) is 4.93. The van der Waals surface area contributed by atoms with Crippen LogP contribution in [0.4, 0.5) is 5.69 Å². The maximum atomic E-state index is 12.4. The van der Waals surface area contributed by atoms with Gasteiger partial charge in [-0.2, -0.15) is 0 Å². The monoisotopic (exact) mass is 397 g/mol. The van der Waals surface area contributed by atoms with Gasteiger partial charge in [0.05, 0.1) is 5.75 Å². The van der Waals surface area contributed by atoms with Crippen LogP contribution < -0.4 is 5.32 Å². The molecule has 3 rings (SSSR count). The molecule has 1 heterocycles. The van der Waals surface area contributed by atoms with Gasteiger partial charge in [-0.25, -0.2) is 13.4 Å². The van der Waals surface area contributed by atoms with Gasteiger partial charge in [-0.1, -0.05) is 12.1 Å². The van der Waals surface area contributed by atoms with Gasteiger partial charge < -0.3 is 9.88 Å². The first-order chi connectivity index (χ1) is 13.2. The summed E-state index contributed by atoms with van der Waals surface area (Å²) < 4.78 is 24.3. The molecule has 0 saturated carbocycles. The number of benzene rings is 2. The summed E-state index contributed by atoms with van der Waals surface area (Å²) >= 11 is 0. The van der Waals surface area contributed by atoms with Crippen molar-refractivity contribution in [2.24, 2.45) is 7.05 Å². The zero-order valence-electron chi connectivity index (χ0n) is 15.4. The van der Waals surface area contributed by atoms with Gasteiger partial charge in [0.2, 0.25) is 5.78 Å². The van der Waals surface area contributed by atoms with Crippen LogP contribution >= 0.6 is 0 Å². The molecule has 2 aromatic carbocycles. The van der Waals surface area contributed by atoms with E-state index in [0.717, 1.165) is 6.26 Å². The van der Waals surface area contributed by atoms with Gasteiger partial charge in [-0.3, -0.25) is 9.59 Å². The molecular formula is C20H19N3O4S. The van der Waals surface area contributed by atoms with E-state index < -0.39 is 9.84 Å². The molecule has 1 aromatic heterocycles. The van der Waals surface area contributed by atoms with E-state index in [0.29, 0.717) is 28.2 Å². The van der Waals surface area contributed by atoms with Gasteiger partial charge in [-0.15, -0.1) is 0 Å².